The zero-order valence-corrected chi connectivity index (χ0v) is 11.2. The second-order valence-corrected chi connectivity index (χ2v) is 5.20. The van der Waals surface area contributed by atoms with E-state index in [1.165, 1.54) is 0 Å². The molecule has 17 heavy (non-hydrogen) atoms. The van der Waals surface area contributed by atoms with Gasteiger partial charge in [-0.25, -0.2) is 4.98 Å². The van der Waals surface area contributed by atoms with Crippen molar-refractivity contribution < 1.29 is 4.79 Å². The number of hydrogen-bond donors (Lipinski definition) is 2. The molecule has 5 nitrogen and oxygen atoms in total. The van der Waals surface area contributed by atoms with Crippen LogP contribution in [0.15, 0.2) is 0 Å². The molecule has 1 unspecified atom stereocenters. The molecule has 1 amide bonds. The zero-order chi connectivity index (χ0) is 13.0. The Labute approximate surface area is 102 Å². The van der Waals surface area contributed by atoms with Crippen LogP contribution in [0.1, 0.15) is 63.4 Å². The monoisotopic (exact) mass is 238 g/mol. The van der Waals surface area contributed by atoms with Crippen molar-refractivity contribution in [3.05, 3.63) is 11.6 Å². The van der Waals surface area contributed by atoms with Crippen LogP contribution in [0.25, 0.3) is 0 Å². The highest BCUT2D eigenvalue weighted by molar-refractivity contribution is 5.90. The average molecular weight is 238 g/mol. The summed E-state index contributed by atoms with van der Waals surface area (Å²) < 4.78 is 0. The lowest BCUT2D eigenvalue weighted by Gasteiger charge is -2.14. The summed E-state index contributed by atoms with van der Waals surface area (Å²) in [6, 6.07) is 0.142. The highest BCUT2D eigenvalue weighted by Crippen LogP contribution is 2.08. The Morgan fingerprint density at radius 1 is 1.29 bits per heavy atom. The van der Waals surface area contributed by atoms with Crippen LogP contribution in [0.2, 0.25) is 0 Å². The lowest BCUT2D eigenvalue weighted by molar-refractivity contribution is 0.0926. The number of nitrogens with zero attached hydrogens (tertiary/aromatic N) is 2. The number of hydrogen-bond acceptors (Lipinski definition) is 3. The normalized spacial score (nSPS) is 13.1. The van der Waals surface area contributed by atoms with Crippen LogP contribution in [-0.4, -0.2) is 27.1 Å². The van der Waals surface area contributed by atoms with E-state index in [-0.39, 0.29) is 23.7 Å². The van der Waals surface area contributed by atoms with Gasteiger partial charge in [-0.3, -0.25) is 9.89 Å². The Kier molecular flexibility index (Phi) is 4.66. The van der Waals surface area contributed by atoms with Crippen LogP contribution in [0, 0.1) is 5.92 Å². The molecule has 1 heterocycles. The van der Waals surface area contributed by atoms with E-state index in [2.05, 4.69) is 34.3 Å². The maximum atomic E-state index is 11.8. The van der Waals surface area contributed by atoms with Crippen molar-refractivity contribution in [2.75, 3.05) is 0 Å². The van der Waals surface area contributed by atoms with Crippen molar-refractivity contribution in [3.63, 3.8) is 0 Å². The number of carbonyl (C=O) groups excluding carboxylic acids is 1. The number of H-pyrrole nitrogens is 1. The number of nitrogens with one attached hydrogen (secondary N) is 2. The van der Waals surface area contributed by atoms with Gasteiger partial charge in [-0.15, -0.1) is 5.10 Å². The largest absolute Gasteiger partial charge is 0.347 e. The molecule has 1 aromatic rings. The van der Waals surface area contributed by atoms with Gasteiger partial charge >= 0.3 is 0 Å². The standard InChI is InChI=1S/C12H22N4O/c1-7(2)6-9(5)13-12(17)11-14-10(8(3)4)15-16-11/h7-9H,6H2,1-5H3,(H,13,17)(H,14,15,16). The minimum absolute atomic E-state index is 0.142. The molecule has 0 aliphatic heterocycles. The van der Waals surface area contributed by atoms with Gasteiger partial charge in [-0.2, -0.15) is 0 Å². The Hall–Kier alpha value is -1.39. The molecular weight excluding hydrogens is 216 g/mol. The molecule has 1 aromatic heterocycles. The molecule has 1 rings (SSSR count). The van der Waals surface area contributed by atoms with Crippen LogP contribution in [-0.2, 0) is 0 Å². The van der Waals surface area contributed by atoms with Crippen LogP contribution in [0.4, 0.5) is 0 Å². The molecule has 0 fully saturated rings. The molecule has 0 aliphatic rings. The quantitative estimate of drug-likeness (QED) is 0.825. The first-order chi connectivity index (χ1) is 7.90. The van der Waals surface area contributed by atoms with Crippen molar-refractivity contribution in [3.8, 4) is 0 Å². The predicted molar refractivity (Wildman–Crippen MR) is 66.9 cm³/mol. The second-order valence-electron chi connectivity index (χ2n) is 5.20. The van der Waals surface area contributed by atoms with E-state index in [1.807, 2.05) is 20.8 Å². The topological polar surface area (TPSA) is 70.7 Å². The highest BCUT2D eigenvalue weighted by Gasteiger charge is 2.16. The zero-order valence-electron chi connectivity index (χ0n) is 11.2. The van der Waals surface area contributed by atoms with Crippen molar-refractivity contribution in [1.29, 1.82) is 0 Å². The van der Waals surface area contributed by atoms with Crippen molar-refractivity contribution in [2.45, 2.75) is 53.0 Å². The number of aromatic amines is 1. The van der Waals surface area contributed by atoms with E-state index >= 15 is 0 Å². The summed E-state index contributed by atoms with van der Waals surface area (Å²) in [5, 5.41) is 9.60. The van der Waals surface area contributed by atoms with Gasteiger partial charge in [-0.05, 0) is 19.3 Å². The number of rotatable bonds is 5. The van der Waals surface area contributed by atoms with Crippen LogP contribution < -0.4 is 5.32 Å². The van der Waals surface area contributed by atoms with Gasteiger partial charge in [0.1, 0.15) is 5.82 Å². The molecule has 96 valence electrons. The molecule has 0 radical (unpaired) electrons. The minimum atomic E-state index is -0.207. The molecule has 0 saturated heterocycles. The van der Waals surface area contributed by atoms with E-state index in [0.29, 0.717) is 5.92 Å². The first-order valence-electron chi connectivity index (χ1n) is 6.13. The lowest BCUT2D eigenvalue weighted by atomic mass is 10.1. The van der Waals surface area contributed by atoms with E-state index in [1.54, 1.807) is 0 Å². The van der Waals surface area contributed by atoms with E-state index in [4.69, 9.17) is 0 Å². The highest BCUT2D eigenvalue weighted by atomic mass is 16.2. The fraction of sp³-hybridized carbons (Fsp3) is 0.750. The van der Waals surface area contributed by atoms with Crippen molar-refractivity contribution in [2.24, 2.45) is 5.92 Å². The number of aromatic nitrogens is 3. The molecule has 5 heteroatoms. The first kappa shape index (κ1) is 13.7. The Morgan fingerprint density at radius 3 is 2.41 bits per heavy atom. The molecular formula is C12H22N4O. The maximum Gasteiger partial charge on any atom is 0.291 e. The Bertz CT molecular complexity index is 370. The molecule has 0 aliphatic carbocycles. The van der Waals surface area contributed by atoms with Crippen molar-refractivity contribution >= 4 is 5.91 Å². The summed E-state index contributed by atoms with van der Waals surface area (Å²) in [4.78, 5) is 16.0. The summed E-state index contributed by atoms with van der Waals surface area (Å²) >= 11 is 0. The van der Waals surface area contributed by atoms with E-state index in [9.17, 15) is 4.79 Å². The number of amides is 1. The molecule has 0 spiro atoms. The van der Waals surface area contributed by atoms with E-state index in [0.717, 1.165) is 12.2 Å². The summed E-state index contributed by atoms with van der Waals surface area (Å²) in [6.07, 6.45) is 0.952. The summed E-state index contributed by atoms with van der Waals surface area (Å²) in [7, 11) is 0. The fourth-order valence-corrected chi connectivity index (χ4v) is 1.69. The summed E-state index contributed by atoms with van der Waals surface area (Å²) in [5.41, 5.74) is 0. The first-order valence-corrected chi connectivity index (χ1v) is 6.13. The van der Waals surface area contributed by atoms with Gasteiger partial charge in [0.2, 0.25) is 5.82 Å². The van der Waals surface area contributed by atoms with Crippen LogP contribution in [0.5, 0.6) is 0 Å². The van der Waals surface area contributed by atoms with Crippen molar-refractivity contribution in [1.82, 2.24) is 20.5 Å². The second kappa shape index (κ2) is 5.80. The molecule has 1 atom stereocenters. The van der Waals surface area contributed by atoms with Gasteiger partial charge in [0, 0.05) is 12.0 Å². The van der Waals surface area contributed by atoms with Gasteiger partial charge in [0.15, 0.2) is 0 Å². The molecule has 0 aromatic carbocycles. The van der Waals surface area contributed by atoms with E-state index < -0.39 is 0 Å². The minimum Gasteiger partial charge on any atom is -0.347 e. The lowest BCUT2D eigenvalue weighted by Crippen LogP contribution is -2.34. The SMILES string of the molecule is CC(C)CC(C)NC(=O)c1n[nH]c(C(C)C)n1. The number of carbonyl (C=O) groups is 1. The summed E-state index contributed by atoms with van der Waals surface area (Å²) in [6.45, 7) is 10.3. The molecule has 0 saturated carbocycles. The fourth-order valence-electron chi connectivity index (χ4n) is 1.69. The Morgan fingerprint density at radius 2 is 1.94 bits per heavy atom. The molecule has 0 bridgehead atoms. The Balaban J connectivity index is 2.57. The van der Waals surface area contributed by atoms with Gasteiger partial charge < -0.3 is 5.32 Å². The van der Waals surface area contributed by atoms with Gasteiger partial charge in [0.25, 0.3) is 5.91 Å². The van der Waals surface area contributed by atoms with Gasteiger partial charge in [-0.1, -0.05) is 27.7 Å². The van der Waals surface area contributed by atoms with Crippen LogP contribution >= 0.6 is 0 Å². The summed E-state index contributed by atoms with van der Waals surface area (Å²) in [5.74, 6) is 1.57. The molecule has 2 N–H and O–H groups in total. The third kappa shape index (κ3) is 4.17. The third-order valence-corrected chi connectivity index (χ3v) is 2.46. The van der Waals surface area contributed by atoms with Gasteiger partial charge in [0.05, 0.1) is 0 Å². The average Bonchev–Trinajstić information content (AvgIpc) is 2.64. The maximum absolute atomic E-state index is 11.8. The smallest absolute Gasteiger partial charge is 0.291 e. The predicted octanol–water partition coefficient (Wildman–Crippen LogP) is 2.09. The van der Waals surface area contributed by atoms with Crippen LogP contribution in [0.3, 0.4) is 0 Å². The third-order valence-electron chi connectivity index (χ3n) is 2.46.